The molecule has 0 aromatic carbocycles. The molecule has 1 aromatic heterocycles. The summed E-state index contributed by atoms with van der Waals surface area (Å²) in [7, 11) is 0. The van der Waals surface area contributed by atoms with E-state index in [1.165, 1.54) is 37.2 Å². The zero-order valence-electron chi connectivity index (χ0n) is 12.5. The Hall–Kier alpha value is -0.930. The number of rotatable bonds is 5. The van der Waals surface area contributed by atoms with Crippen LogP contribution in [0.3, 0.4) is 0 Å². The third kappa shape index (κ3) is 3.77. The minimum atomic E-state index is 0.705. The second-order valence-corrected chi connectivity index (χ2v) is 5.62. The minimum absolute atomic E-state index is 0.705. The Balaban J connectivity index is 1.95. The molecule has 2 rings (SSSR count). The molecule has 2 unspecified atom stereocenters. The Morgan fingerprint density at radius 1 is 1.42 bits per heavy atom. The van der Waals surface area contributed by atoms with E-state index < -0.39 is 0 Å². The molecular weight excluding hydrogens is 234 g/mol. The molecule has 3 heteroatoms. The van der Waals surface area contributed by atoms with Crippen LogP contribution in [0.25, 0.3) is 0 Å². The molecule has 0 bridgehead atoms. The molecule has 2 atom stereocenters. The summed E-state index contributed by atoms with van der Waals surface area (Å²) in [5.41, 5.74) is 2.55. The first-order chi connectivity index (χ1) is 9.24. The van der Waals surface area contributed by atoms with Crippen molar-refractivity contribution < 1.29 is 0 Å². The topological polar surface area (TPSA) is 28.2 Å². The summed E-state index contributed by atoms with van der Waals surface area (Å²) in [4.78, 5) is 7.09. The van der Waals surface area contributed by atoms with Gasteiger partial charge in [0.25, 0.3) is 0 Å². The number of hydrogen-bond acceptors (Lipinski definition) is 3. The van der Waals surface area contributed by atoms with Gasteiger partial charge in [-0.2, -0.15) is 0 Å². The molecule has 0 spiro atoms. The van der Waals surface area contributed by atoms with Gasteiger partial charge >= 0.3 is 0 Å². The van der Waals surface area contributed by atoms with Crippen molar-refractivity contribution in [3.05, 3.63) is 29.6 Å². The number of nitrogens with one attached hydrogen (secondary N) is 1. The quantitative estimate of drug-likeness (QED) is 0.883. The lowest BCUT2D eigenvalue weighted by Gasteiger charge is -2.38. The molecule has 19 heavy (non-hydrogen) atoms. The highest BCUT2D eigenvalue weighted by Gasteiger charge is 2.27. The summed E-state index contributed by atoms with van der Waals surface area (Å²) in [6.45, 7) is 11.1. The van der Waals surface area contributed by atoms with E-state index in [2.05, 4.69) is 42.0 Å². The predicted molar refractivity (Wildman–Crippen MR) is 80.1 cm³/mol. The van der Waals surface area contributed by atoms with Crippen LogP contribution in [0.15, 0.2) is 18.3 Å². The highest BCUT2D eigenvalue weighted by molar-refractivity contribution is 5.17. The molecule has 1 fully saturated rings. The van der Waals surface area contributed by atoms with E-state index in [4.69, 9.17) is 0 Å². The molecule has 1 aromatic rings. The molecule has 1 aliphatic rings. The summed E-state index contributed by atoms with van der Waals surface area (Å²) in [6.07, 6.45) is 4.43. The van der Waals surface area contributed by atoms with Gasteiger partial charge in [0.15, 0.2) is 0 Å². The Morgan fingerprint density at radius 3 is 2.95 bits per heavy atom. The van der Waals surface area contributed by atoms with Crippen molar-refractivity contribution in [2.75, 3.05) is 19.6 Å². The second kappa shape index (κ2) is 7.01. The maximum Gasteiger partial charge on any atom is 0.0573 e. The van der Waals surface area contributed by atoms with Crippen molar-refractivity contribution in [1.29, 1.82) is 0 Å². The Morgan fingerprint density at radius 2 is 2.26 bits per heavy atom. The van der Waals surface area contributed by atoms with Gasteiger partial charge in [-0.3, -0.25) is 9.88 Å². The van der Waals surface area contributed by atoms with Crippen LogP contribution in [0, 0.1) is 12.8 Å². The van der Waals surface area contributed by atoms with Gasteiger partial charge in [-0.15, -0.1) is 0 Å². The summed E-state index contributed by atoms with van der Waals surface area (Å²) < 4.78 is 0. The van der Waals surface area contributed by atoms with Gasteiger partial charge < -0.3 is 5.32 Å². The van der Waals surface area contributed by atoms with Crippen LogP contribution in [0.4, 0.5) is 0 Å². The van der Waals surface area contributed by atoms with Crippen molar-refractivity contribution in [2.24, 2.45) is 5.92 Å². The summed E-state index contributed by atoms with van der Waals surface area (Å²) in [6, 6.07) is 4.88. The Labute approximate surface area is 117 Å². The fourth-order valence-electron chi connectivity index (χ4n) is 3.09. The number of likely N-dealkylation sites (tertiary alicyclic amines) is 1. The van der Waals surface area contributed by atoms with Gasteiger partial charge in [-0.1, -0.05) is 26.3 Å². The molecule has 2 heterocycles. The molecule has 1 saturated heterocycles. The average molecular weight is 261 g/mol. The van der Waals surface area contributed by atoms with Crippen molar-refractivity contribution in [3.8, 4) is 0 Å². The lowest BCUT2D eigenvalue weighted by molar-refractivity contribution is 0.128. The van der Waals surface area contributed by atoms with Gasteiger partial charge in [0.1, 0.15) is 0 Å². The number of pyridine rings is 1. The zero-order valence-corrected chi connectivity index (χ0v) is 12.5. The molecule has 0 aliphatic carbocycles. The van der Waals surface area contributed by atoms with E-state index in [9.17, 15) is 0 Å². The van der Waals surface area contributed by atoms with Crippen LogP contribution >= 0.6 is 0 Å². The smallest absolute Gasteiger partial charge is 0.0573 e. The first kappa shape index (κ1) is 14.5. The van der Waals surface area contributed by atoms with Gasteiger partial charge in [0.05, 0.1) is 5.69 Å². The molecule has 106 valence electrons. The van der Waals surface area contributed by atoms with Crippen molar-refractivity contribution in [3.63, 3.8) is 0 Å². The summed E-state index contributed by atoms with van der Waals surface area (Å²) in [5, 5.41) is 3.64. The van der Waals surface area contributed by atoms with Gasteiger partial charge in [-0.25, -0.2) is 0 Å². The van der Waals surface area contributed by atoms with Gasteiger partial charge in [0, 0.05) is 31.9 Å². The highest BCUT2D eigenvalue weighted by atomic mass is 15.2. The maximum atomic E-state index is 4.52. The Bertz CT molecular complexity index is 391. The number of aromatic nitrogens is 1. The average Bonchev–Trinajstić information content (AvgIpc) is 2.43. The first-order valence-electron chi connectivity index (χ1n) is 7.60. The van der Waals surface area contributed by atoms with E-state index in [0.29, 0.717) is 6.04 Å². The molecular formula is C16H27N3. The van der Waals surface area contributed by atoms with Crippen LogP contribution in [0.5, 0.6) is 0 Å². The molecule has 0 saturated carbocycles. The molecule has 1 aliphatic heterocycles. The number of piperidine rings is 1. The first-order valence-corrected chi connectivity index (χ1v) is 7.60. The maximum absolute atomic E-state index is 4.52. The van der Waals surface area contributed by atoms with Crippen LogP contribution in [0.1, 0.15) is 37.9 Å². The molecule has 1 N–H and O–H groups in total. The largest absolute Gasteiger partial charge is 0.314 e. The minimum Gasteiger partial charge on any atom is -0.314 e. The van der Waals surface area contributed by atoms with Crippen LogP contribution in [-0.2, 0) is 6.54 Å². The van der Waals surface area contributed by atoms with E-state index in [1.54, 1.807) is 0 Å². The fourth-order valence-corrected chi connectivity index (χ4v) is 3.09. The normalized spacial score (nSPS) is 24.6. The highest BCUT2D eigenvalue weighted by Crippen LogP contribution is 2.22. The van der Waals surface area contributed by atoms with E-state index in [-0.39, 0.29) is 0 Å². The molecule has 0 amide bonds. The lowest BCUT2D eigenvalue weighted by atomic mass is 9.89. The van der Waals surface area contributed by atoms with Crippen molar-refractivity contribution in [2.45, 2.75) is 46.2 Å². The summed E-state index contributed by atoms with van der Waals surface area (Å²) in [5.74, 6) is 0.776. The van der Waals surface area contributed by atoms with E-state index in [0.717, 1.165) is 19.0 Å². The van der Waals surface area contributed by atoms with Gasteiger partial charge in [0.2, 0.25) is 0 Å². The number of nitrogens with zero attached hydrogens (tertiary/aromatic N) is 2. The number of hydrogen-bond donors (Lipinski definition) is 1. The predicted octanol–water partition coefficient (Wildman–Crippen LogP) is 2.60. The third-order valence-electron chi connectivity index (χ3n) is 4.30. The number of aryl methyl sites for hydroxylation is 1. The fraction of sp³-hybridized carbons (Fsp3) is 0.688. The van der Waals surface area contributed by atoms with E-state index >= 15 is 0 Å². The van der Waals surface area contributed by atoms with E-state index in [1.807, 2.05) is 12.3 Å². The van der Waals surface area contributed by atoms with Crippen LogP contribution in [-0.4, -0.2) is 35.6 Å². The van der Waals surface area contributed by atoms with Crippen LogP contribution in [0.2, 0.25) is 0 Å². The van der Waals surface area contributed by atoms with Crippen molar-refractivity contribution >= 4 is 0 Å². The van der Waals surface area contributed by atoms with Crippen LogP contribution < -0.4 is 5.32 Å². The zero-order chi connectivity index (χ0) is 13.7. The molecule has 3 nitrogen and oxygen atoms in total. The lowest BCUT2D eigenvalue weighted by Crippen LogP contribution is -2.48. The van der Waals surface area contributed by atoms with Crippen molar-refractivity contribution in [1.82, 2.24) is 15.2 Å². The monoisotopic (exact) mass is 261 g/mol. The standard InChI is InChI=1S/C16H27N3/c1-4-14-11-19(10-8-15(14)17-5-2)12-16-13(3)7-6-9-18-16/h6-7,9,14-15,17H,4-5,8,10-12H2,1-3H3. The third-order valence-corrected chi connectivity index (χ3v) is 4.30. The SMILES string of the molecule is CCNC1CCN(Cc2ncccc2C)CC1CC. The van der Waals surface area contributed by atoms with Gasteiger partial charge in [-0.05, 0) is 37.4 Å². The Kier molecular flexibility index (Phi) is 5.34. The second-order valence-electron chi connectivity index (χ2n) is 5.62. The molecule has 0 radical (unpaired) electrons. The summed E-state index contributed by atoms with van der Waals surface area (Å²) >= 11 is 0.